The monoisotopic (exact) mass is 231 g/mol. The molecule has 0 aromatic rings. The fraction of sp³-hybridized carbons (Fsp3) is 1.00. The van der Waals surface area contributed by atoms with Crippen molar-refractivity contribution >= 4 is 10.0 Å². The van der Waals surface area contributed by atoms with Crippen LogP contribution in [-0.4, -0.2) is 31.6 Å². The highest BCUT2D eigenvalue weighted by atomic mass is 32.2. The Labute approximate surface area is 69.0 Å². The largest absolute Gasteiger partial charge is 0.480 e. The second-order valence-corrected chi connectivity index (χ2v) is 3.79. The lowest BCUT2D eigenvalue weighted by molar-refractivity contribution is -0.333. The quantitative estimate of drug-likeness (QED) is 0.503. The minimum atomic E-state index is -5.99. The summed E-state index contributed by atoms with van der Waals surface area (Å²) >= 11 is 0. The molecule has 0 fully saturated rings. The Balaban J connectivity index is 5.28. The molecular formula is C3H3F6NO2S. The van der Waals surface area contributed by atoms with E-state index in [-0.39, 0.29) is 6.26 Å². The van der Waals surface area contributed by atoms with Gasteiger partial charge in [0.05, 0.1) is 6.26 Å². The zero-order valence-electron chi connectivity index (χ0n) is 5.94. The molecule has 0 bridgehead atoms. The average molecular weight is 231 g/mol. The Morgan fingerprint density at radius 1 is 0.923 bits per heavy atom. The van der Waals surface area contributed by atoms with E-state index in [1.54, 1.807) is 0 Å². The van der Waals surface area contributed by atoms with Gasteiger partial charge >= 0.3 is 12.6 Å². The smallest absolute Gasteiger partial charge is 0.212 e. The summed E-state index contributed by atoms with van der Waals surface area (Å²) in [4.78, 5) is 0. The van der Waals surface area contributed by atoms with Crippen molar-refractivity contribution in [3.05, 3.63) is 0 Å². The van der Waals surface area contributed by atoms with Gasteiger partial charge in [0.15, 0.2) is 0 Å². The Morgan fingerprint density at radius 3 is 1.15 bits per heavy atom. The van der Waals surface area contributed by atoms with Crippen LogP contribution in [0.2, 0.25) is 0 Å². The zero-order valence-corrected chi connectivity index (χ0v) is 6.76. The van der Waals surface area contributed by atoms with E-state index < -0.39 is 26.9 Å². The summed E-state index contributed by atoms with van der Waals surface area (Å²) < 4.78 is 87.0. The van der Waals surface area contributed by atoms with E-state index >= 15 is 0 Å². The molecule has 0 atom stereocenters. The van der Waals surface area contributed by atoms with Crippen LogP contribution >= 0.6 is 0 Å². The van der Waals surface area contributed by atoms with Gasteiger partial charge in [-0.2, -0.15) is 26.3 Å². The van der Waals surface area contributed by atoms with Crippen molar-refractivity contribution in [1.82, 2.24) is 4.31 Å². The molecule has 0 amide bonds. The number of alkyl halides is 6. The van der Waals surface area contributed by atoms with E-state index in [0.717, 1.165) is 0 Å². The van der Waals surface area contributed by atoms with Crippen LogP contribution in [0, 0.1) is 0 Å². The van der Waals surface area contributed by atoms with Gasteiger partial charge in [0.1, 0.15) is 0 Å². The summed E-state index contributed by atoms with van der Waals surface area (Å²) in [5, 5.41) is 0. The van der Waals surface area contributed by atoms with Crippen LogP contribution in [0.3, 0.4) is 0 Å². The second kappa shape index (κ2) is 3.01. The van der Waals surface area contributed by atoms with Crippen LogP contribution < -0.4 is 0 Å². The predicted octanol–water partition coefficient (Wildman–Crippen LogP) is 1.29. The molecule has 0 aromatic heterocycles. The molecule has 0 aliphatic carbocycles. The predicted molar refractivity (Wildman–Crippen MR) is 28.8 cm³/mol. The van der Waals surface area contributed by atoms with Gasteiger partial charge in [-0.15, -0.1) is 0 Å². The first-order valence-corrected chi connectivity index (χ1v) is 4.35. The van der Waals surface area contributed by atoms with Gasteiger partial charge in [0.2, 0.25) is 10.0 Å². The van der Waals surface area contributed by atoms with Gasteiger partial charge in [-0.3, -0.25) is 0 Å². The Bertz CT molecular complexity index is 261. The third-order valence-electron chi connectivity index (χ3n) is 0.792. The maximum absolute atomic E-state index is 11.5. The van der Waals surface area contributed by atoms with E-state index in [1.165, 1.54) is 0 Å². The molecule has 3 nitrogen and oxygen atoms in total. The number of rotatable bonds is 1. The molecule has 0 aromatic carbocycles. The van der Waals surface area contributed by atoms with Gasteiger partial charge in [0.25, 0.3) is 0 Å². The van der Waals surface area contributed by atoms with E-state index in [0.29, 0.717) is 0 Å². The van der Waals surface area contributed by atoms with E-state index in [2.05, 4.69) is 0 Å². The van der Waals surface area contributed by atoms with Crippen LogP contribution in [0.5, 0.6) is 0 Å². The van der Waals surface area contributed by atoms with Crippen molar-refractivity contribution in [3.63, 3.8) is 0 Å². The van der Waals surface area contributed by atoms with Gasteiger partial charge in [0, 0.05) is 0 Å². The van der Waals surface area contributed by atoms with Crippen LogP contribution in [0.15, 0.2) is 0 Å². The van der Waals surface area contributed by atoms with E-state index in [4.69, 9.17) is 0 Å². The molecule has 0 spiro atoms. The summed E-state index contributed by atoms with van der Waals surface area (Å²) in [5.74, 6) is 0. The maximum Gasteiger partial charge on any atom is 0.480 e. The van der Waals surface area contributed by atoms with Crippen molar-refractivity contribution in [3.8, 4) is 0 Å². The fourth-order valence-corrected chi connectivity index (χ4v) is 1.27. The van der Waals surface area contributed by atoms with Gasteiger partial charge in [-0.1, -0.05) is 0 Å². The van der Waals surface area contributed by atoms with Gasteiger partial charge in [-0.05, 0) is 4.31 Å². The maximum atomic E-state index is 11.5. The fourth-order valence-electron chi connectivity index (χ4n) is 0.520. The first-order chi connectivity index (χ1) is 5.37. The minimum absolute atomic E-state index is 0.187. The average Bonchev–Trinajstić information content (AvgIpc) is 1.44. The molecule has 0 radical (unpaired) electrons. The molecule has 0 rings (SSSR count). The first kappa shape index (κ1) is 12.5. The lowest BCUT2D eigenvalue weighted by atomic mass is 11.0. The van der Waals surface area contributed by atoms with Gasteiger partial charge in [-0.25, -0.2) is 8.42 Å². The lowest BCUT2D eigenvalue weighted by Crippen LogP contribution is -2.50. The number of nitrogens with zero attached hydrogens (tertiary/aromatic N) is 1. The Morgan fingerprint density at radius 2 is 1.15 bits per heavy atom. The molecule has 0 aliphatic heterocycles. The zero-order chi connectivity index (χ0) is 11.1. The third kappa shape index (κ3) is 3.38. The highest BCUT2D eigenvalue weighted by Crippen LogP contribution is 2.35. The molecule has 80 valence electrons. The summed E-state index contributed by atoms with van der Waals surface area (Å²) in [6, 6.07) is 0. The first-order valence-electron chi connectivity index (χ1n) is 2.51. The number of hydrogen-bond acceptors (Lipinski definition) is 2. The van der Waals surface area contributed by atoms with Crippen LogP contribution in [0.1, 0.15) is 0 Å². The van der Waals surface area contributed by atoms with Crippen molar-refractivity contribution in [2.24, 2.45) is 0 Å². The van der Waals surface area contributed by atoms with Crippen molar-refractivity contribution in [2.45, 2.75) is 12.6 Å². The summed E-state index contributed by atoms with van der Waals surface area (Å²) in [7, 11) is -5.40. The van der Waals surface area contributed by atoms with Crippen LogP contribution in [-0.2, 0) is 10.0 Å². The Hall–Kier alpha value is -0.510. The van der Waals surface area contributed by atoms with E-state index in [1.807, 2.05) is 0 Å². The molecule has 10 heteroatoms. The number of halogens is 6. The van der Waals surface area contributed by atoms with Crippen molar-refractivity contribution < 1.29 is 34.8 Å². The molecule has 0 unspecified atom stereocenters. The highest BCUT2D eigenvalue weighted by Gasteiger charge is 2.59. The topological polar surface area (TPSA) is 37.4 Å². The molecule has 0 aliphatic rings. The van der Waals surface area contributed by atoms with Crippen LogP contribution in [0.4, 0.5) is 26.3 Å². The third-order valence-corrected chi connectivity index (χ3v) is 1.87. The van der Waals surface area contributed by atoms with Crippen molar-refractivity contribution in [2.75, 3.05) is 6.26 Å². The SMILES string of the molecule is CS(=O)(=O)N(C(F)(F)F)C(F)(F)F. The highest BCUT2D eigenvalue weighted by molar-refractivity contribution is 7.88. The Kier molecular flexibility index (Phi) is 2.89. The molecule has 0 N–H and O–H groups in total. The standard InChI is InChI=1S/C3H3F6NO2S/c1-13(11,12)10(2(4,5)6)3(7,8)9/h1H3. The molecular weight excluding hydrogens is 228 g/mol. The molecule has 0 heterocycles. The molecule has 0 saturated heterocycles. The van der Waals surface area contributed by atoms with E-state index in [9.17, 15) is 34.8 Å². The normalized spacial score (nSPS) is 15.1. The summed E-state index contributed by atoms with van der Waals surface area (Å²) in [6.45, 7) is 0. The van der Waals surface area contributed by atoms with Crippen molar-refractivity contribution in [1.29, 1.82) is 0 Å². The summed E-state index contributed by atoms with van der Waals surface area (Å²) in [6.07, 6.45) is -12.2. The lowest BCUT2D eigenvalue weighted by Gasteiger charge is -2.23. The van der Waals surface area contributed by atoms with Gasteiger partial charge < -0.3 is 0 Å². The molecule has 0 saturated carbocycles. The summed E-state index contributed by atoms with van der Waals surface area (Å²) in [5.41, 5.74) is 0. The number of sulfonamides is 1. The molecule has 13 heavy (non-hydrogen) atoms. The van der Waals surface area contributed by atoms with Crippen LogP contribution in [0.25, 0.3) is 0 Å². The second-order valence-electron chi connectivity index (χ2n) is 1.96. The number of hydrogen-bond donors (Lipinski definition) is 0. The minimum Gasteiger partial charge on any atom is -0.212 e.